The average Bonchev–Trinajstić information content (AvgIpc) is 2.48. The van der Waals surface area contributed by atoms with Crippen molar-refractivity contribution in [3.63, 3.8) is 0 Å². The molecule has 0 radical (unpaired) electrons. The number of hydrogen-bond acceptors (Lipinski definition) is 6. The SMILES string of the molecule is CC(C)(N=[N+]=[N-])c1cnc(N[C@H]2C[C@@H](S(C)(=O)=O)C2)c2cnc(Cl)cc12. The van der Waals surface area contributed by atoms with Crippen LogP contribution in [0, 0.1) is 0 Å². The predicted octanol–water partition coefficient (Wildman–Crippen LogP) is 3.82. The van der Waals surface area contributed by atoms with E-state index in [1.807, 2.05) is 0 Å². The summed E-state index contributed by atoms with van der Waals surface area (Å²) in [5.74, 6) is 0.613. The number of rotatable bonds is 5. The van der Waals surface area contributed by atoms with Gasteiger partial charge < -0.3 is 5.32 Å². The van der Waals surface area contributed by atoms with Crippen LogP contribution in [-0.4, -0.2) is 35.9 Å². The largest absolute Gasteiger partial charge is 0.367 e. The van der Waals surface area contributed by atoms with Gasteiger partial charge in [0.25, 0.3) is 0 Å². The fourth-order valence-corrected chi connectivity index (χ4v) is 4.43. The molecule has 2 aromatic rings. The maximum absolute atomic E-state index is 11.6. The molecular weight excluding hydrogens is 376 g/mol. The minimum atomic E-state index is -3.01. The number of aromatic nitrogens is 2. The molecule has 0 saturated heterocycles. The van der Waals surface area contributed by atoms with E-state index < -0.39 is 15.4 Å². The second-order valence-corrected chi connectivity index (χ2v) is 9.80. The zero-order valence-electron chi connectivity index (χ0n) is 14.6. The van der Waals surface area contributed by atoms with Crippen molar-refractivity contribution >= 4 is 38.0 Å². The Hall–Kier alpha value is -2.09. The molecule has 1 aliphatic rings. The van der Waals surface area contributed by atoms with Crippen LogP contribution in [0.4, 0.5) is 5.82 Å². The summed E-state index contributed by atoms with van der Waals surface area (Å²) in [6, 6.07) is 1.76. The first kappa shape index (κ1) is 18.7. The molecule has 26 heavy (non-hydrogen) atoms. The van der Waals surface area contributed by atoms with Gasteiger partial charge in [0.15, 0.2) is 0 Å². The van der Waals surface area contributed by atoms with Gasteiger partial charge in [0.2, 0.25) is 0 Å². The average molecular weight is 395 g/mol. The molecule has 0 aliphatic heterocycles. The number of sulfone groups is 1. The first-order valence-electron chi connectivity index (χ1n) is 8.08. The highest BCUT2D eigenvalue weighted by Crippen LogP contribution is 2.36. The Morgan fingerprint density at radius 3 is 2.62 bits per heavy atom. The minimum absolute atomic E-state index is 0.0390. The van der Waals surface area contributed by atoms with Gasteiger partial charge in [0, 0.05) is 35.0 Å². The van der Waals surface area contributed by atoms with E-state index >= 15 is 0 Å². The lowest BCUT2D eigenvalue weighted by atomic mass is 9.91. The third kappa shape index (κ3) is 3.56. The molecule has 138 valence electrons. The van der Waals surface area contributed by atoms with Crippen LogP contribution in [0.25, 0.3) is 21.2 Å². The number of hydrogen-bond donors (Lipinski definition) is 1. The second kappa shape index (κ2) is 6.57. The van der Waals surface area contributed by atoms with Crippen molar-refractivity contribution in [3.05, 3.63) is 39.6 Å². The molecule has 0 bridgehead atoms. The van der Waals surface area contributed by atoms with Gasteiger partial charge in [-0.15, -0.1) is 0 Å². The topological polar surface area (TPSA) is 121 Å². The third-order valence-corrected chi connectivity index (χ3v) is 6.54. The van der Waals surface area contributed by atoms with E-state index in [4.69, 9.17) is 17.1 Å². The van der Waals surface area contributed by atoms with Crippen molar-refractivity contribution in [2.75, 3.05) is 11.6 Å². The molecular formula is C16H19ClN6O2S. The predicted molar refractivity (Wildman–Crippen MR) is 102 cm³/mol. The normalized spacial score (nSPS) is 20.3. The van der Waals surface area contributed by atoms with Gasteiger partial charge in [0.1, 0.15) is 20.8 Å². The van der Waals surface area contributed by atoms with Crippen LogP contribution in [0.5, 0.6) is 0 Å². The molecule has 1 saturated carbocycles. The van der Waals surface area contributed by atoms with E-state index in [1.54, 1.807) is 32.3 Å². The van der Waals surface area contributed by atoms with Gasteiger partial charge in [-0.1, -0.05) is 30.6 Å². The fraction of sp³-hybridized carbons (Fsp3) is 0.500. The van der Waals surface area contributed by atoms with Crippen LogP contribution in [0.2, 0.25) is 5.15 Å². The zero-order chi connectivity index (χ0) is 19.1. The number of nitrogens with zero attached hydrogens (tertiary/aromatic N) is 5. The first-order valence-corrected chi connectivity index (χ1v) is 10.4. The maximum atomic E-state index is 11.6. The van der Waals surface area contributed by atoms with Crippen LogP contribution < -0.4 is 5.32 Å². The number of pyridine rings is 2. The number of anilines is 1. The summed E-state index contributed by atoms with van der Waals surface area (Å²) in [7, 11) is -3.01. The molecule has 2 aromatic heterocycles. The first-order chi connectivity index (χ1) is 12.1. The summed E-state index contributed by atoms with van der Waals surface area (Å²) >= 11 is 6.06. The monoisotopic (exact) mass is 394 g/mol. The Labute approximate surface area is 156 Å². The van der Waals surface area contributed by atoms with Crippen molar-refractivity contribution in [2.45, 2.75) is 43.5 Å². The Bertz CT molecular complexity index is 1010. The van der Waals surface area contributed by atoms with Crippen molar-refractivity contribution in [1.82, 2.24) is 9.97 Å². The van der Waals surface area contributed by atoms with Crippen LogP contribution in [0.15, 0.2) is 23.6 Å². The zero-order valence-corrected chi connectivity index (χ0v) is 16.2. The summed E-state index contributed by atoms with van der Waals surface area (Å²) in [5.41, 5.74) is 8.77. The lowest BCUT2D eigenvalue weighted by Crippen LogP contribution is -2.43. The van der Waals surface area contributed by atoms with Crippen molar-refractivity contribution < 1.29 is 8.42 Å². The van der Waals surface area contributed by atoms with Gasteiger partial charge in [0.05, 0.1) is 10.8 Å². The van der Waals surface area contributed by atoms with E-state index in [0.29, 0.717) is 23.8 Å². The summed E-state index contributed by atoms with van der Waals surface area (Å²) in [6.07, 6.45) is 5.64. The van der Waals surface area contributed by atoms with Gasteiger partial charge in [-0.05, 0) is 35.4 Å². The van der Waals surface area contributed by atoms with Crippen LogP contribution in [-0.2, 0) is 15.4 Å². The molecule has 3 rings (SSSR count). The number of halogens is 1. The lowest BCUT2D eigenvalue weighted by Gasteiger charge is -2.35. The number of nitrogens with one attached hydrogen (secondary N) is 1. The molecule has 10 heteroatoms. The summed E-state index contributed by atoms with van der Waals surface area (Å²) in [6.45, 7) is 3.60. The second-order valence-electron chi connectivity index (χ2n) is 7.09. The Morgan fingerprint density at radius 1 is 1.31 bits per heavy atom. The molecule has 8 nitrogen and oxygen atoms in total. The molecule has 1 aliphatic carbocycles. The molecule has 0 amide bonds. The maximum Gasteiger partial charge on any atom is 0.150 e. The number of fused-ring (bicyclic) bond motifs is 1. The molecule has 0 spiro atoms. The quantitative estimate of drug-likeness (QED) is 0.357. The lowest BCUT2D eigenvalue weighted by molar-refractivity contribution is 0.434. The highest BCUT2D eigenvalue weighted by atomic mass is 35.5. The van der Waals surface area contributed by atoms with Crippen molar-refractivity contribution in [2.24, 2.45) is 5.11 Å². The highest BCUT2D eigenvalue weighted by molar-refractivity contribution is 7.91. The van der Waals surface area contributed by atoms with Crippen LogP contribution in [0.1, 0.15) is 32.3 Å². The summed E-state index contributed by atoms with van der Waals surface area (Å²) < 4.78 is 23.1. The molecule has 0 atom stereocenters. The molecule has 1 N–H and O–H groups in total. The van der Waals surface area contributed by atoms with E-state index in [9.17, 15) is 8.42 Å². The van der Waals surface area contributed by atoms with Gasteiger partial charge >= 0.3 is 0 Å². The van der Waals surface area contributed by atoms with Crippen molar-refractivity contribution in [1.29, 1.82) is 0 Å². The molecule has 2 heterocycles. The van der Waals surface area contributed by atoms with E-state index in [1.165, 1.54) is 6.26 Å². The van der Waals surface area contributed by atoms with Crippen LogP contribution in [0.3, 0.4) is 0 Å². The van der Waals surface area contributed by atoms with Gasteiger partial charge in [-0.2, -0.15) is 0 Å². The Morgan fingerprint density at radius 2 is 2.00 bits per heavy atom. The third-order valence-electron chi connectivity index (χ3n) is 4.73. The molecule has 1 fully saturated rings. The van der Waals surface area contributed by atoms with Gasteiger partial charge in [-0.25, -0.2) is 18.4 Å². The standard InChI is InChI=1S/C16H19ClN6O2S/c1-16(2,22-23-18)13-8-20-15(12-7-19-14(17)6-11(12)13)21-9-4-10(5-9)26(3,24)25/h6-10H,4-5H2,1-3H3,(H,20,21)/t9-,10+. The summed E-state index contributed by atoms with van der Waals surface area (Å²) in [5, 5.41) is 8.70. The van der Waals surface area contributed by atoms with E-state index in [-0.39, 0.29) is 11.3 Å². The van der Waals surface area contributed by atoms with Gasteiger partial charge in [-0.3, -0.25) is 0 Å². The Balaban J connectivity index is 1.98. The van der Waals surface area contributed by atoms with Crippen LogP contribution >= 0.6 is 11.6 Å². The van der Waals surface area contributed by atoms with Crippen molar-refractivity contribution in [3.8, 4) is 0 Å². The highest BCUT2D eigenvalue weighted by Gasteiger charge is 2.36. The van der Waals surface area contributed by atoms with E-state index in [2.05, 4.69) is 25.3 Å². The smallest absolute Gasteiger partial charge is 0.150 e. The fourth-order valence-electron chi connectivity index (χ4n) is 3.10. The Kier molecular flexibility index (Phi) is 4.72. The molecule has 0 aromatic carbocycles. The minimum Gasteiger partial charge on any atom is -0.367 e. The molecule has 0 unspecified atom stereocenters. The van der Waals surface area contributed by atoms with E-state index in [0.717, 1.165) is 16.3 Å². The summed E-state index contributed by atoms with van der Waals surface area (Å²) in [4.78, 5) is 11.5. The number of azide groups is 1.